The van der Waals surface area contributed by atoms with Gasteiger partial charge in [0.15, 0.2) is 0 Å². The molecule has 0 fully saturated rings. The summed E-state index contributed by atoms with van der Waals surface area (Å²) < 4.78 is 0. The number of carbonyl (C=O) groups excluding carboxylic acids is 1. The highest BCUT2D eigenvalue weighted by Crippen LogP contribution is 1.98. The van der Waals surface area contributed by atoms with E-state index in [0.717, 1.165) is 0 Å². The number of nitrogens with one attached hydrogen (secondary N) is 1. The van der Waals surface area contributed by atoms with Gasteiger partial charge in [-0.1, -0.05) is 25.1 Å². The average Bonchev–Trinajstić information content (AvgIpc) is 2.26. The fraction of sp³-hybridized carbons (Fsp3) is 0.364. The summed E-state index contributed by atoms with van der Waals surface area (Å²) >= 11 is 0. The van der Waals surface area contributed by atoms with Crippen LogP contribution in [0.25, 0.3) is 0 Å². The Labute approximate surface area is 83.8 Å². The third-order valence-corrected chi connectivity index (χ3v) is 2.01. The van der Waals surface area contributed by atoms with Gasteiger partial charge in [0.2, 0.25) is 0 Å². The van der Waals surface area contributed by atoms with Crippen molar-refractivity contribution >= 4 is 5.91 Å². The molecule has 1 aromatic rings. The van der Waals surface area contributed by atoms with Gasteiger partial charge >= 0.3 is 0 Å². The summed E-state index contributed by atoms with van der Waals surface area (Å²) in [5, 5.41) is 11.9. The Morgan fingerprint density at radius 1 is 1.43 bits per heavy atom. The number of rotatable bonds is 4. The normalized spacial score (nSPS) is 12.1. The zero-order chi connectivity index (χ0) is 10.4. The molecule has 3 nitrogen and oxygen atoms in total. The molecule has 0 aliphatic rings. The smallest absolute Gasteiger partial charge is 0.251 e. The van der Waals surface area contributed by atoms with Gasteiger partial charge < -0.3 is 10.4 Å². The number of benzene rings is 1. The van der Waals surface area contributed by atoms with E-state index in [1.807, 2.05) is 25.1 Å². The van der Waals surface area contributed by atoms with Crippen molar-refractivity contribution in [1.82, 2.24) is 5.32 Å². The third kappa shape index (κ3) is 3.18. The van der Waals surface area contributed by atoms with Gasteiger partial charge in [-0.15, -0.1) is 0 Å². The van der Waals surface area contributed by atoms with Crippen LogP contribution in [0.1, 0.15) is 23.7 Å². The van der Waals surface area contributed by atoms with Crippen LogP contribution in [-0.4, -0.2) is 23.7 Å². The monoisotopic (exact) mass is 193 g/mol. The van der Waals surface area contributed by atoms with Gasteiger partial charge in [-0.3, -0.25) is 4.79 Å². The summed E-state index contributed by atoms with van der Waals surface area (Å²) in [6.45, 7) is 2.18. The second-order valence-corrected chi connectivity index (χ2v) is 3.14. The second-order valence-electron chi connectivity index (χ2n) is 3.14. The molecular formula is C11H15NO2. The highest BCUT2D eigenvalue weighted by Gasteiger charge is 2.06. The fourth-order valence-corrected chi connectivity index (χ4v) is 1.05. The van der Waals surface area contributed by atoms with Crippen LogP contribution in [0.2, 0.25) is 0 Å². The summed E-state index contributed by atoms with van der Waals surface area (Å²) in [7, 11) is 0. The minimum Gasteiger partial charge on any atom is -0.391 e. The lowest BCUT2D eigenvalue weighted by Gasteiger charge is -2.09. The molecule has 14 heavy (non-hydrogen) atoms. The average molecular weight is 193 g/mol. The van der Waals surface area contributed by atoms with Crippen LogP contribution in [-0.2, 0) is 0 Å². The first kappa shape index (κ1) is 10.7. The lowest BCUT2D eigenvalue weighted by atomic mass is 10.2. The van der Waals surface area contributed by atoms with Crippen LogP contribution < -0.4 is 5.32 Å². The maximum absolute atomic E-state index is 11.4. The van der Waals surface area contributed by atoms with E-state index in [0.29, 0.717) is 18.5 Å². The number of aliphatic hydroxyl groups is 1. The fourth-order valence-electron chi connectivity index (χ4n) is 1.05. The first-order valence-electron chi connectivity index (χ1n) is 4.75. The number of aliphatic hydroxyl groups excluding tert-OH is 1. The highest BCUT2D eigenvalue weighted by molar-refractivity contribution is 5.94. The molecule has 1 aromatic carbocycles. The molecule has 1 atom stereocenters. The Bertz CT molecular complexity index is 285. The van der Waals surface area contributed by atoms with Crippen molar-refractivity contribution in [2.75, 3.05) is 6.54 Å². The zero-order valence-electron chi connectivity index (χ0n) is 8.23. The molecule has 0 aromatic heterocycles. The largest absolute Gasteiger partial charge is 0.391 e. The molecule has 1 amide bonds. The lowest BCUT2D eigenvalue weighted by molar-refractivity contribution is 0.0914. The van der Waals surface area contributed by atoms with Crippen molar-refractivity contribution in [3.63, 3.8) is 0 Å². The van der Waals surface area contributed by atoms with Gasteiger partial charge in [0, 0.05) is 12.1 Å². The molecule has 2 N–H and O–H groups in total. The van der Waals surface area contributed by atoms with E-state index in [9.17, 15) is 9.90 Å². The van der Waals surface area contributed by atoms with Gasteiger partial charge in [-0.2, -0.15) is 0 Å². The second kappa shape index (κ2) is 5.40. The van der Waals surface area contributed by atoms with E-state index in [2.05, 4.69) is 5.32 Å². The molecule has 0 aliphatic carbocycles. The van der Waals surface area contributed by atoms with E-state index in [4.69, 9.17) is 0 Å². The molecule has 1 rings (SSSR count). The summed E-state index contributed by atoms with van der Waals surface area (Å²) in [5.41, 5.74) is 0.621. The predicted octanol–water partition coefficient (Wildman–Crippen LogP) is 1.19. The van der Waals surface area contributed by atoms with Crippen LogP contribution in [0.3, 0.4) is 0 Å². The van der Waals surface area contributed by atoms with Crippen LogP contribution in [0.4, 0.5) is 0 Å². The Hall–Kier alpha value is -1.35. The highest BCUT2D eigenvalue weighted by atomic mass is 16.3. The van der Waals surface area contributed by atoms with E-state index in [-0.39, 0.29) is 5.91 Å². The Morgan fingerprint density at radius 2 is 2.07 bits per heavy atom. The van der Waals surface area contributed by atoms with Gasteiger partial charge in [-0.25, -0.2) is 0 Å². The predicted molar refractivity (Wildman–Crippen MR) is 55.1 cm³/mol. The van der Waals surface area contributed by atoms with Gasteiger partial charge in [0.05, 0.1) is 6.10 Å². The van der Waals surface area contributed by atoms with E-state index in [1.165, 1.54) is 0 Å². The van der Waals surface area contributed by atoms with Crippen molar-refractivity contribution in [2.45, 2.75) is 19.4 Å². The van der Waals surface area contributed by atoms with E-state index in [1.54, 1.807) is 12.1 Å². The zero-order valence-corrected chi connectivity index (χ0v) is 8.23. The van der Waals surface area contributed by atoms with Crippen LogP contribution in [0, 0.1) is 0 Å². The molecule has 76 valence electrons. The molecule has 1 unspecified atom stereocenters. The molecule has 0 aliphatic heterocycles. The van der Waals surface area contributed by atoms with Crippen LogP contribution in [0.5, 0.6) is 0 Å². The first-order valence-corrected chi connectivity index (χ1v) is 4.75. The molecule has 0 heterocycles. The number of hydrogen-bond acceptors (Lipinski definition) is 2. The molecule has 0 spiro atoms. The molecular weight excluding hydrogens is 178 g/mol. The standard InChI is InChI=1S/C11H15NO2/c1-2-10(13)8-12-11(14)9-6-4-3-5-7-9/h3-7,10,13H,2,8H2,1H3,(H,12,14). The number of hydrogen-bond donors (Lipinski definition) is 2. The first-order chi connectivity index (χ1) is 6.74. The Balaban J connectivity index is 2.44. The van der Waals surface area contributed by atoms with Crippen molar-refractivity contribution in [3.05, 3.63) is 35.9 Å². The van der Waals surface area contributed by atoms with Crippen LogP contribution >= 0.6 is 0 Å². The quantitative estimate of drug-likeness (QED) is 0.754. The summed E-state index contributed by atoms with van der Waals surface area (Å²) in [6, 6.07) is 8.97. The lowest BCUT2D eigenvalue weighted by Crippen LogP contribution is -2.31. The Morgan fingerprint density at radius 3 is 2.64 bits per heavy atom. The van der Waals surface area contributed by atoms with Crippen molar-refractivity contribution in [1.29, 1.82) is 0 Å². The SMILES string of the molecule is CCC(O)CNC(=O)c1ccccc1. The number of carbonyl (C=O) groups is 1. The maximum Gasteiger partial charge on any atom is 0.251 e. The van der Waals surface area contributed by atoms with Gasteiger partial charge in [0.25, 0.3) is 5.91 Å². The molecule has 0 saturated heterocycles. The van der Waals surface area contributed by atoms with Crippen molar-refractivity contribution < 1.29 is 9.90 Å². The minimum absolute atomic E-state index is 0.141. The third-order valence-electron chi connectivity index (χ3n) is 2.01. The number of amides is 1. The summed E-state index contributed by atoms with van der Waals surface area (Å²) in [6.07, 6.45) is 0.192. The molecule has 3 heteroatoms. The minimum atomic E-state index is -0.456. The van der Waals surface area contributed by atoms with Crippen LogP contribution in [0.15, 0.2) is 30.3 Å². The van der Waals surface area contributed by atoms with Gasteiger partial charge in [-0.05, 0) is 18.6 Å². The van der Waals surface area contributed by atoms with Gasteiger partial charge in [0.1, 0.15) is 0 Å². The molecule has 0 saturated carbocycles. The maximum atomic E-state index is 11.4. The van der Waals surface area contributed by atoms with E-state index < -0.39 is 6.10 Å². The summed E-state index contributed by atoms with van der Waals surface area (Å²) in [4.78, 5) is 11.4. The van der Waals surface area contributed by atoms with E-state index >= 15 is 0 Å². The van der Waals surface area contributed by atoms with Crippen molar-refractivity contribution in [3.8, 4) is 0 Å². The molecule has 0 radical (unpaired) electrons. The van der Waals surface area contributed by atoms with Crippen molar-refractivity contribution in [2.24, 2.45) is 0 Å². The topological polar surface area (TPSA) is 49.3 Å². The molecule has 0 bridgehead atoms. The Kier molecular flexibility index (Phi) is 4.13. The summed E-state index contributed by atoms with van der Waals surface area (Å²) in [5.74, 6) is -0.141.